The van der Waals surface area contributed by atoms with Gasteiger partial charge in [0.15, 0.2) is 0 Å². The second kappa shape index (κ2) is 5.42. The summed E-state index contributed by atoms with van der Waals surface area (Å²) in [7, 11) is 0. The molecule has 3 heterocycles. The average molecular weight is 318 g/mol. The summed E-state index contributed by atoms with van der Waals surface area (Å²) in [4.78, 5) is 21.5. The number of nitrogens with zero attached hydrogens (tertiary/aromatic N) is 2. The molecule has 5 nitrogen and oxygen atoms in total. The fourth-order valence-corrected chi connectivity index (χ4v) is 3.80. The van der Waals surface area contributed by atoms with E-state index in [0.717, 1.165) is 15.4 Å². The maximum absolute atomic E-state index is 12.4. The van der Waals surface area contributed by atoms with Gasteiger partial charge in [-0.3, -0.25) is 9.78 Å². The molecule has 3 rings (SSSR count). The Kier molecular flexibility index (Phi) is 3.60. The molecule has 21 heavy (non-hydrogen) atoms. The largest absolute Gasteiger partial charge is 0.396 e. The third-order valence-corrected chi connectivity index (χ3v) is 5.35. The van der Waals surface area contributed by atoms with Crippen LogP contribution in [0.2, 0.25) is 0 Å². The fraction of sp³-hybridized carbons (Fsp3) is 0.214. The van der Waals surface area contributed by atoms with E-state index in [9.17, 15) is 4.79 Å². The summed E-state index contributed by atoms with van der Waals surface area (Å²) < 4.78 is 0.915. The third kappa shape index (κ3) is 2.62. The van der Waals surface area contributed by atoms with Crippen LogP contribution in [0.3, 0.4) is 0 Å². The number of carbonyl (C=O) groups is 1. The Morgan fingerprint density at radius 2 is 2.29 bits per heavy atom. The van der Waals surface area contributed by atoms with Gasteiger partial charge in [0.1, 0.15) is 15.4 Å². The number of aromatic nitrogens is 2. The van der Waals surface area contributed by atoms with Gasteiger partial charge < -0.3 is 11.1 Å². The molecule has 0 saturated carbocycles. The smallest absolute Gasteiger partial charge is 0.264 e. The summed E-state index contributed by atoms with van der Waals surface area (Å²) in [6, 6.07) is 3.60. The minimum Gasteiger partial charge on any atom is -0.396 e. The van der Waals surface area contributed by atoms with Crippen molar-refractivity contribution in [3.05, 3.63) is 39.3 Å². The molecule has 1 amide bonds. The first-order chi connectivity index (χ1) is 10.1. The molecule has 0 aliphatic carbocycles. The molecule has 0 aliphatic heterocycles. The molecule has 0 aromatic carbocycles. The summed E-state index contributed by atoms with van der Waals surface area (Å²) in [6.07, 6.45) is 1.67. The Morgan fingerprint density at radius 3 is 2.95 bits per heavy atom. The van der Waals surface area contributed by atoms with Gasteiger partial charge >= 0.3 is 0 Å². The van der Waals surface area contributed by atoms with Crippen molar-refractivity contribution >= 4 is 44.5 Å². The molecule has 3 aromatic heterocycles. The topological polar surface area (TPSA) is 80.9 Å². The van der Waals surface area contributed by atoms with E-state index >= 15 is 0 Å². The SMILES string of the molecule is Cc1csc(C(C)NC(=O)c2sc3cccnc3c2N)n1. The molecule has 0 fully saturated rings. The molecule has 7 heteroatoms. The fourth-order valence-electron chi connectivity index (χ4n) is 2.01. The van der Waals surface area contributed by atoms with E-state index in [0.29, 0.717) is 16.1 Å². The number of nitrogen functional groups attached to an aromatic ring is 1. The van der Waals surface area contributed by atoms with E-state index in [1.165, 1.54) is 22.7 Å². The van der Waals surface area contributed by atoms with E-state index in [1.807, 2.05) is 31.4 Å². The summed E-state index contributed by atoms with van der Waals surface area (Å²) in [5, 5.41) is 5.79. The maximum Gasteiger partial charge on any atom is 0.264 e. The van der Waals surface area contributed by atoms with Gasteiger partial charge in [0.25, 0.3) is 5.91 Å². The van der Waals surface area contributed by atoms with E-state index in [1.54, 1.807) is 6.20 Å². The van der Waals surface area contributed by atoms with Crippen molar-refractivity contribution in [2.75, 3.05) is 5.73 Å². The number of carbonyl (C=O) groups excluding carboxylic acids is 1. The van der Waals surface area contributed by atoms with Crippen LogP contribution in [-0.2, 0) is 0 Å². The van der Waals surface area contributed by atoms with Gasteiger partial charge in [0, 0.05) is 17.3 Å². The predicted octanol–water partition coefficient (Wildman–Crippen LogP) is 3.13. The quantitative estimate of drug-likeness (QED) is 0.777. The second-order valence-corrected chi connectivity index (χ2v) is 6.66. The van der Waals surface area contributed by atoms with Crippen molar-refractivity contribution in [1.82, 2.24) is 15.3 Å². The van der Waals surface area contributed by atoms with Crippen LogP contribution in [0.15, 0.2) is 23.7 Å². The number of thiazole rings is 1. The summed E-state index contributed by atoms with van der Waals surface area (Å²) in [6.45, 7) is 3.85. The van der Waals surface area contributed by atoms with Gasteiger partial charge in [-0.1, -0.05) is 0 Å². The van der Waals surface area contributed by atoms with Crippen LogP contribution < -0.4 is 11.1 Å². The number of hydrogen-bond acceptors (Lipinski definition) is 6. The molecular formula is C14H14N4OS2. The lowest BCUT2D eigenvalue weighted by molar-refractivity contribution is 0.0945. The summed E-state index contributed by atoms with van der Waals surface area (Å²) >= 11 is 2.90. The molecule has 0 spiro atoms. The lowest BCUT2D eigenvalue weighted by Crippen LogP contribution is -2.26. The molecule has 0 aliphatic rings. The summed E-state index contributed by atoms with van der Waals surface area (Å²) in [5.41, 5.74) is 8.12. The van der Waals surface area contributed by atoms with Crippen LogP contribution in [0.25, 0.3) is 10.2 Å². The number of nitrogens with two attached hydrogens (primary N) is 1. The van der Waals surface area contributed by atoms with Gasteiger partial charge in [-0.2, -0.15) is 0 Å². The number of nitrogens with one attached hydrogen (secondary N) is 1. The highest BCUT2D eigenvalue weighted by molar-refractivity contribution is 7.21. The summed E-state index contributed by atoms with van der Waals surface area (Å²) in [5.74, 6) is -0.184. The molecule has 0 bridgehead atoms. The number of rotatable bonds is 3. The van der Waals surface area contributed by atoms with Gasteiger partial charge in [-0.05, 0) is 26.0 Å². The van der Waals surface area contributed by atoms with Crippen LogP contribution in [0.5, 0.6) is 0 Å². The first kappa shape index (κ1) is 14.0. The molecule has 0 radical (unpaired) electrons. The van der Waals surface area contributed by atoms with Crippen LogP contribution in [0.1, 0.15) is 33.3 Å². The van der Waals surface area contributed by atoms with Crippen LogP contribution in [-0.4, -0.2) is 15.9 Å². The standard InChI is InChI=1S/C14H14N4OS2/c1-7-6-20-14(17-7)8(2)18-13(19)12-10(15)11-9(21-12)4-3-5-16-11/h3-6,8H,15H2,1-2H3,(H,18,19). The Balaban J connectivity index is 1.85. The van der Waals surface area contributed by atoms with Crippen molar-refractivity contribution in [3.8, 4) is 0 Å². The van der Waals surface area contributed by atoms with Gasteiger partial charge in [0.2, 0.25) is 0 Å². The predicted molar refractivity (Wildman–Crippen MR) is 86.8 cm³/mol. The number of fused-ring (bicyclic) bond motifs is 1. The number of aryl methyl sites for hydroxylation is 1. The molecule has 1 unspecified atom stereocenters. The molecule has 108 valence electrons. The van der Waals surface area contributed by atoms with Crippen molar-refractivity contribution in [2.24, 2.45) is 0 Å². The number of hydrogen-bond donors (Lipinski definition) is 2. The van der Waals surface area contributed by atoms with Gasteiger partial charge in [0.05, 0.1) is 16.4 Å². The minimum atomic E-state index is -0.184. The highest BCUT2D eigenvalue weighted by Gasteiger charge is 2.20. The van der Waals surface area contributed by atoms with Crippen LogP contribution in [0, 0.1) is 6.92 Å². The Morgan fingerprint density at radius 1 is 1.48 bits per heavy atom. The molecule has 1 atom stereocenters. The van der Waals surface area contributed by atoms with E-state index in [-0.39, 0.29) is 11.9 Å². The highest BCUT2D eigenvalue weighted by atomic mass is 32.1. The third-order valence-electron chi connectivity index (χ3n) is 3.04. The molecule has 3 aromatic rings. The normalized spacial score (nSPS) is 12.5. The average Bonchev–Trinajstić information content (AvgIpc) is 3.04. The number of thiophene rings is 1. The number of pyridine rings is 1. The van der Waals surface area contributed by atoms with E-state index in [4.69, 9.17) is 5.73 Å². The second-order valence-electron chi connectivity index (χ2n) is 4.72. The van der Waals surface area contributed by atoms with E-state index in [2.05, 4.69) is 15.3 Å². The first-order valence-electron chi connectivity index (χ1n) is 6.42. The Hall–Kier alpha value is -1.99. The zero-order valence-electron chi connectivity index (χ0n) is 11.6. The first-order valence-corrected chi connectivity index (χ1v) is 8.11. The minimum absolute atomic E-state index is 0.145. The van der Waals surface area contributed by atoms with Crippen molar-refractivity contribution in [3.63, 3.8) is 0 Å². The lowest BCUT2D eigenvalue weighted by atomic mass is 10.3. The molecule has 3 N–H and O–H groups in total. The van der Waals surface area contributed by atoms with Crippen LogP contribution >= 0.6 is 22.7 Å². The van der Waals surface area contributed by atoms with Crippen molar-refractivity contribution in [2.45, 2.75) is 19.9 Å². The van der Waals surface area contributed by atoms with Crippen molar-refractivity contribution < 1.29 is 4.79 Å². The number of amides is 1. The van der Waals surface area contributed by atoms with E-state index < -0.39 is 0 Å². The van der Waals surface area contributed by atoms with Gasteiger partial charge in [-0.25, -0.2) is 4.98 Å². The lowest BCUT2D eigenvalue weighted by Gasteiger charge is -2.10. The number of anilines is 1. The van der Waals surface area contributed by atoms with Crippen molar-refractivity contribution in [1.29, 1.82) is 0 Å². The van der Waals surface area contributed by atoms with Gasteiger partial charge in [-0.15, -0.1) is 22.7 Å². The highest BCUT2D eigenvalue weighted by Crippen LogP contribution is 2.32. The monoisotopic (exact) mass is 318 g/mol. The zero-order valence-corrected chi connectivity index (χ0v) is 13.2. The molecular weight excluding hydrogens is 304 g/mol. The maximum atomic E-state index is 12.4. The Bertz CT molecular complexity index is 808. The Labute approximate surface area is 129 Å². The van der Waals surface area contributed by atoms with Crippen LogP contribution in [0.4, 0.5) is 5.69 Å². The zero-order chi connectivity index (χ0) is 15.0. The molecule has 0 saturated heterocycles.